The molecule has 7 nitrogen and oxygen atoms in total. The molecule has 2 aliphatic rings. The Bertz CT molecular complexity index is 1280. The molecule has 0 aliphatic carbocycles. The molecule has 0 saturated carbocycles. The highest BCUT2D eigenvalue weighted by atomic mass is 32.2. The molecule has 2 aliphatic heterocycles. The Morgan fingerprint density at radius 1 is 1.00 bits per heavy atom. The highest BCUT2D eigenvalue weighted by Crippen LogP contribution is 2.28. The van der Waals surface area contributed by atoms with E-state index in [1.807, 2.05) is 43.5 Å². The monoisotopic (exact) mass is 462 g/mol. The fourth-order valence-electron chi connectivity index (χ4n) is 4.36. The lowest BCUT2D eigenvalue weighted by Gasteiger charge is -2.32. The second-order valence-electron chi connectivity index (χ2n) is 8.62. The largest absolute Gasteiger partial charge is 0.367 e. The van der Waals surface area contributed by atoms with Crippen LogP contribution in [-0.2, 0) is 16.6 Å². The molecule has 1 saturated heterocycles. The summed E-state index contributed by atoms with van der Waals surface area (Å²) in [7, 11) is -3.56. The van der Waals surface area contributed by atoms with E-state index in [4.69, 9.17) is 0 Å². The maximum absolute atomic E-state index is 13.2. The van der Waals surface area contributed by atoms with Gasteiger partial charge in [0.15, 0.2) is 0 Å². The van der Waals surface area contributed by atoms with Crippen LogP contribution >= 0.6 is 0 Å². The van der Waals surface area contributed by atoms with Gasteiger partial charge in [-0.3, -0.25) is 4.79 Å². The molecule has 1 amide bonds. The first kappa shape index (κ1) is 21.6. The molecule has 170 valence electrons. The Kier molecular flexibility index (Phi) is 5.64. The number of hydrogen-bond donors (Lipinski definition) is 2. The molecule has 8 heteroatoms. The van der Waals surface area contributed by atoms with Crippen LogP contribution in [0, 0.1) is 6.92 Å². The summed E-state index contributed by atoms with van der Waals surface area (Å²) in [4.78, 5) is 16.6. The van der Waals surface area contributed by atoms with Crippen LogP contribution in [0.15, 0.2) is 65.7 Å². The first-order chi connectivity index (χ1) is 15.9. The van der Waals surface area contributed by atoms with Gasteiger partial charge in [0, 0.05) is 37.4 Å². The average Bonchev–Trinajstić information content (AvgIpc) is 3.21. The van der Waals surface area contributed by atoms with Gasteiger partial charge in [0.2, 0.25) is 10.0 Å². The lowest BCUT2D eigenvalue weighted by molar-refractivity contribution is 0.0965. The number of anilines is 1. The van der Waals surface area contributed by atoms with Crippen molar-refractivity contribution in [3.63, 3.8) is 0 Å². The van der Waals surface area contributed by atoms with Crippen molar-refractivity contribution in [2.24, 2.45) is 0 Å². The third-order valence-electron chi connectivity index (χ3n) is 6.34. The molecule has 3 heterocycles. The van der Waals surface area contributed by atoms with Crippen LogP contribution in [0.25, 0.3) is 11.1 Å². The SMILES string of the molecule is Cc1ccc(NC2CCN(S(=O)(=O)c3ccc(-c4ccc5c(c4)C(=O)NC5)cc3)CC2)nc1. The summed E-state index contributed by atoms with van der Waals surface area (Å²) in [6.45, 7) is 3.48. The highest BCUT2D eigenvalue weighted by Gasteiger charge is 2.29. The summed E-state index contributed by atoms with van der Waals surface area (Å²) < 4.78 is 27.9. The third-order valence-corrected chi connectivity index (χ3v) is 8.25. The number of amides is 1. The molecule has 3 aromatic rings. The standard InChI is InChI=1S/C25H26N4O3S/c1-17-2-9-24(26-15-17)28-21-10-12-29(13-11-21)33(31,32)22-7-5-18(6-8-22)19-3-4-20-16-27-25(30)23(20)14-19/h2-9,14-15,21H,10-13,16H2,1H3,(H,26,28)(H,27,30). The second kappa shape index (κ2) is 8.61. The van der Waals surface area contributed by atoms with Crippen LogP contribution in [-0.4, -0.2) is 42.7 Å². The summed E-state index contributed by atoms with van der Waals surface area (Å²) in [5.41, 5.74) is 4.55. The number of carbonyl (C=O) groups is 1. The smallest absolute Gasteiger partial charge is 0.251 e. The van der Waals surface area contributed by atoms with E-state index >= 15 is 0 Å². The first-order valence-corrected chi connectivity index (χ1v) is 12.5. The molecule has 0 unspecified atom stereocenters. The third kappa shape index (κ3) is 4.36. The Labute approximate surface area is 193 Å². The first-order valence-electron chi connectivity index (χ1n) is 11.1. The van der Waals surface area contributed by atoms with E-state index in [0.717, 1.165) is 40.9 Å². The van der Waals surface area contributed by atoms with Gasteiger partial charge < -0.3 is 10.6 Å². The fourth-order valence-corrected chi connectivity index (χ4v) is 5.83. The summed E-state index contributed by atoms with van der Waals surface area (Å²) in [6, 6.07) is 16.8. The van der Waals surface area contributed by atoms with Gasteiger partial charge in [-0.1, -0.05) is 30.3 Å². The molecule has 2 N–H and O–H groups in total. The topological polar surface area (TPSA) is 91.4 Å². The molecule has 0 radical (unpaired) electrons. The van der Waals surface area contributed by atoms with E-state index in [1.165, 1.54) is 0 Å². The number of nitrogens with one attached hydrogen (secondary N) is 2. The molecule has 1 aromatic heterocycles. The number of aromatic nitrogens is 1. The molecule has 0 bridgehead atoms. The summed E-state index contributed by atoms with van der Waals surface area (Å²) in [5.74, 6) is 0.753. The van der Waals surface area contributed by atoms with E-state index in [2.05, 4.69) is 15.6 Å². The van der Waals surface area contributed by atoms with Crippen molar-refractivity contribution in [1.29, 1.82) is 0 Å². The number of carbonyl (C=O) groups excluding carboxylic acids is 1. The van der Waals surface area contributed by atoms with Crippen molar-refractivity contribution in [1.82, 2.24) is 14.6 Å². The number of sulfonamides is 1. The van der Waals surface area contributed by atoms with E-state index < -0.39 is 10.0 Å². The van der Waals surface area contributed by atoms with Crippen molar-refractivity contribution < 1.29 is 13.2 Å². The molecule has 33 heavy (non-hydrogen) atoms. The van der Waals surface area contributed by atoms with Crippen LogP contribution in [0.3, 0.4) is 0 Å². The zero-order valence-electron chi connectivity index (χ0n) is 18.4. The maximum atomic E-state index is 13.2. The van der Waals surface area contributed by atoms with Gasteiger partial charge in [0.05, 0.1) is 4.90 Å². The van der Waals surface area contributed by atoms with Crippen LogP contribution in [0.4, 0.5) is 5.82 Å². The summed E-state index contributed by atoms with van der Waals surface area (Å²) in [6.07, 6.45) is 3.28. The molecular formula is C25H26N4O3S. The Hall–Kier alpha value is -3.23. The normalized spacial score (nSPS) is 16.9. The second-order valence-corrected chi connectivity index (χ2v) is 10.6. The van der Waals surface area contributed by atoms with Gasteiger partial charge in [-0.2, -0.15) is 4.31 Å². The minimum atomic E-state index is -3.56. The molecule has 0 spiro atoms. The zero-order valence-corrected chi connectivity index (χ0v) is 19.2. The molecular weight excluding hydrogens is 436 g/mol. The Balaban J connectivity index is 1.25. The van der Waals surface area contributed by atoms with Gasteiger partial charge in [-0.25, -0.2) is 13.4 Å². The number of rotatable bonds is 5. The van der Waals surface area contributed by atoms with Gasteiger partial charge in [0.1, 0.15) is 5.82 Å². The van der Waals surface area contributed by atoms with Crippen molar-refractivity contribution >= 4 is 21.7 Å². The highest BCUT2D eigenvalue weighted by molar-refractivity contribution is 7.89. The van der Waals surface area contributed by atoms with Gasteiger partial charge in [-0.05, 0) is 66.3 Å². The van der Waals surface area contributed by atoms with Crippen molar-refractivity contribution in [2.45, 2.75) is 37.2 Å². The Morgan fingerprint density at radius 3 is 2.42 bits per heavy atom. The van der Waals surface area contributed by atoms with Crippen LogP contribution in [0.5, 0.6) is 0 Å². The fraction of sp³-hybridized carbons (Fsp3) is 0.280. The number of benzene rings is 2. The quantitative estimate of drug-likeness (QED) is 0.605. The molecule has 2 aromatic carbocycles. The minimum Gasteiger partial charge on any atom is -0.367 e. The number of nitrogens with zero attached hydrogens (tertiary/aromatic N) is 2. The molecule has 0 atom stereocenters. The van der Waals surface area contributed by atoms with E-state index in [9.17, 15) is 13.2 Å². The van der Waals surface area contributed by atoms with Crippen LogP contribution < -0.4 is 10.6 Å². The Morgan fingerprint density at radius 2 is 1.73 bits per heavy atom. The average molecular weight is 463 g/mol. The van der Waals surface area contributed by atoms with Crippen molar-refractivity contribution in [2.75, 3.05) is 18.4 Å². The number of fused-ring (bicyclic) bond motifs is 1. The van der Waals surface area contributed by atoms with Gasteiger partial charge in [-0.15, -0.1) is 0 Å². The predicted octanol–water partition coefficient (Wildman–Crippen LogP) is 3.57. The summed E-state index contributed by atoms with van der Waals surface area (Å²) in [5, 5.41) is 6.22. The van der Waals surface area contributed by atoms with Crippen LogP contribution in [0.1, 0.15) is 34.3 Å². The zero-order chi connectivity index (χ0) is 23.0. The number of hydrogen-bond acceptors (Lipinski definition) is 5. The van der Waals surface area contributed by atoms with Gasteiger partial charge >= 0.3 is 0 Å². The van der Waals surface area contributed by atoms with Crippen LogP contribution in [0.2, 0.25) is 0 Å². The summed E-state index contributed by atoms with van der Waals surface area (Å²) >= 11 is 0. The lowest BCUT2D eigenvalue weighted by atomic mass is 10.0. The van der Waals surface area contributed by atoms with Crippen molar-refractivity contribution in [3.05, 3.63) is 77.5 Å². The lowest BCUT2D eigenvalue weighted by Crippen LogP contribution is -2.42. The van der Waals surface area contributed by atoms with E-state index in [1.54, 1.807) is 28.6 Å². The predicted molar refractivity (Wildman–Crippen MR) is 127 cm³/mol. The van der Waals surface area contributed by atoms with E-state index in [-0.39, 0.29) is 16.8 Å². The molecule has 5 rings (SSSR count). The minimum absolute atomic E-state index is 0.0675. The van der Waals surface area contributed by atoms with E-state index in [0.29, 0.717) is 25.2 Å². The number of aryl methyl sites for hydroxylation is 1. The van der Waals surface area contributed by atoms with Gasteiger partial charge in [0.25, 0.3) is 5.91 Å². The number of piperidine rings is 1. The van der Waals surface area contributed by atoms with Crippen molar-refractivity contribution in [3.8, 4) is 11.1 Å². The molecule has 1 fully saturated rings. The maximum Gasteiger partial charge on any atom is 0.251 e. The number of pyridine rings is 1.